The van der Waals surface area contributed by atoms with E-state index in [1.165, 1.54) is 16.8 Å². The van der Waals surface area contributed by atoms with Crippen LogP contribution in [0.2, 0.25) is 0 Å². The fraction of sp³-hybridized carbons (Fsp3) is 0.550. The molecule has 0 bridgehead atoms. The maximum absolute atomic E-state index is 12.9. The first-order chi connectivity index (χ1) is 13.5. The normalized spacial score (nSPS) is 18.4. The standard InChI is InChI=1S/C20H26FN5O2/c1-24-20(28)26(17-6-7-17)19(23-24)15-8-10-25(11-9-15)13-18(27)22-12-14-2-4-16(21)5-3-14/h2-5,15,17H,6-13H2,1H3,(H,22,27). The number of nitrogens with zero attached hydrogens (tertiary/aromatic N) is 4. The number of amides is 1. The summed E-state index contributed by atoms with van der Waals surface area (Å²) in [6.07, 6.45) is 3.92. The number of aryl methyl sites for hydroxylation is 1. The van der Waals surface area contributed by atoms with E-state index in [1.54, 1.807) is 19.2 Å². The maximum Gasteiger partial charge on any atom is 0.345 e. The first kappa shape index (κ1) is 18.9. The van der Waals surface area contributed by atoms with E-state index < -0.39 is 0 Å². The monoisotopic (exact) mass is 387 g/mol. The zero-order chi connectivity index (χ0) is 19.7. The van der Waals surface area contributed by atoms with E-state index in [2.05, 4.69) is 15.3 Å². The van der Waals surface area contributed by atoms with E-state index in [0.717, 1.165) is 50.2 Å². The fourth-order valence-corrected chi connectivity index (χ4v) is 3.86. The van der Waals surface area contributed by atoms with Crippen molar-refractivity contribution in [2.45, 2.75) is 44.2 Å². The topological polar surface area (TPSA) is 72.2 Å². The molecule has 2 aromatic rings. The molecule has 1 saturated heterocycles. The van der Waals surface area contributed by atoms with Crippen molar-refractivity contribution in [2.75, 3.05) is 19.6 Å². The van der Waals surface area contributed by atoms with Gasteiger partial charge < -0.3 is 5.32 Å². The number of likely N-dealkylation sites (tertiary alicyclic amines) is 1. The van der Waals surface area contributed by atoms with E-state index in [1.807, 2.05) is 4.57 Å². The highest BCUT2D eigenvalue weighted by molar-refractivity contribution is 5.78. The summed E-state index contributed by atoms with van der Waals surface area (Å²) in [5.41, 5.74) is 0.863. The number of rotatable bonds is 6. The third kappa shape index (κ3) is 4.16. The van der Waals surface area contributed by atoms with E-state index in [-0.39, 0.29) is 23.3 Å². The highest BCUT2D eigenvalue weighted by Gasteiger charge is 2.33. The van der Waals surface area contributed by atoms with Gasteiger partial charge >= 0.3 is 5.69 Å². The van der Waals surface area contributed by atoms with Crippen LogP contribution in [0.15, 0.2) is 29.1 Å². The van der Waals surface area contributed by atoms with Crippen LogP contribution in [-0.2, 0) is 18.4 Å². The van der Waals surface area contributed by atoms with Gasteiger partial charge in [-0.2, -0.15) is 5.10 Å². The lowest BCUT2D eigenvalue weighted by molar-refractivity contribution is -0.122. The van der Waals surface area contributed by atoms with Crippen LogP contribution in [0.5, 0.6) is 0 Å². The highest BCUT2D eigenvalue weighted by atomic mass is 19.1. The first-order valence-corrected chi connectivity index (χ1v) is 9.90. The number of benzene rings is 1. The molecular weight excluding hydrogens is 361 g/mol. The molecule has 1 amide bonds. The molecule has 0 radical (unpaired) electrons. The molecule has 1 aliphatic heterocycles. The summed E-state index contributed by atoms with van der Waals surface area (Å²) >= 11 is 0. The van der Waals surface area contributed by atoms with Crippen molar-refractivity contribution in [1.82, 2.24) is 24.6 Å². The number of carbonyl (C=O) groups is 1. The van der Waals surface area contributed by atoms with Gasteiger partial charge in [-0.15, -0.1) is 0 Å². The number of halogens is 1. The van der Waals surface area contributed by atoms with Crippen LogP contribution in [-0.4, -0.2) is 44.8 Å². The molecule has 1 aromatic heterocycles. The Labute approximate surface area is 163 Å². The molecule has 0 unspecified atom stereocenters. The van der Waals surface area contributed by atoms with Gasteiger partial charge in [-0.25, -0.2) is 13.9 Å². The van der Waals surface area contributed by atoms with Crippen LogP contribution in [0.3, 0.4) is 0 Å². The van der Waals surface area contributed by atoms with Crippen LogP contribution < -0.4 is 11.0 Å². The van der Waals surface area contributed by atoms with Crippen LogP contribution in [0.25, 0.3) is 0 Å². The second-order valence-electron chi connectivity index (χ2n) is 7.82. The quantitative estimate of drug-likeness (QED) is 0.816. The second kappa shape index (κ2) is 7.87. The average Bonchev–Trinajstić information content (AvgIpc) is 3.48. The summed E-state index contributed by atoms with van der Waals surface area (Å²) in [5, 5.41) is 7.38. The molecule has 2 heterocycles. The van der Waals surface area contributed by atoms with Gasteiger partial charge in [-0.3, -0.25) is 14.3 Å². The molecule has 7 nitrogen and oxygen atoms in total. The molecule has 0 spiro atoms. The zero-order valence-corrected chi connectivity index (χ0v) is 16.1. The molecule has 1 aromatic carbocycles. The molecule has 1 aliphatic carbocycles. The average molecular weight is 387 g/mol. The second-order valence-corrected chi connectivity index (χ2v) is 7.82. The summed E-state index contributed by atoms with van der Waals surface area (Å²) in [5.74, 6) is 0.872. The van der Waals surface area contributed by atoms with Crippen LogP contribution in [0.1, 0.15) is 49.0 Å². The molecule has 1 N–H and O–H groups in total. The Morgan fingerprint density at radius 3 is 2.50 bits per heavy atom. The molecule has 1 saturated carbocycles. The lowest BCUT2D eigenvalue weighted by atomic mass is 9.96. The Kier molecular flexibility index (Phi) is 5.30. The van der Waals surface area contributed by atoms with E-state index in [4.69, 9.17) is 0 Å². The van der Waals surface area contributed by atoms with Crippen molar-refractivity contribution in [1.29, 1.82) is 0 Å². The Balaban J connectivity index is 1.27. The Morgan fingerprint density at radius 2 is 1.86 bits per heavy atom. The fourth-order valence-electron chi connectivity index (χ4n) is 3.86. The van der Waals surface area contributed by atoms with Crippen molar-refractivity contribution in [2.24, 2.45) is 7.05 Å². The van der Waals surface area contributed by atoms with E-state index in [9.17, 15) is 14.0 Å². The van der Waals surface area contributed by atoms with Crippen molar-refractivity contribution in [3.63, 3.8) is 0 Å². The Hall–Kier alpha value is -2.48. The van der Waals surface area contributed by atoms with Crippen molar-refractivity contribution >= 4 is 5.91 Å². The minimum atomic E-state index is -0.280. The van der Waals surface area contributed by atoms with E-state index >= 15 is 0 Å². The lowest BCUT2D eigenvalue weighted by Gasteiger charge is -2.31. The van der Waals surface area contributed by atoms with Crippen LogP contribution in [0.4, 0.5) is 4.39 Å². The molecular formula is C20H26FN5O2. The van der Waals surface area contributed by atoms with Gasteiger partial charge in [0.05, 0.1) is 6.54 Å². The van der Waals surface area contributed by atoms with Gasteiger partial charge in [-0.1, -0.05) is 12.1 Å². The smallest absolute Gasteiger partial charge is 0.345 e. The maximum atomic E-state index is 12.9. The lowest BCUT2D eigenvalue weighted by Crippen LogP contribution is -2.41. The molecule has 150 valence electrons. The summed E-state index contributed by atoms with van der Waals surface area (Å²) in [6.45, 7) is 2.37. The van der Waals surface area contributed by atoms with Crippen molar-refractivity contribution < 1.29 is 9.18 Å². The molecule has 0 atom stereocenters. The Bertz CT molecular complexity index is 892. The molecule has 2 aliphatic rings. The number of piperidine rings is 1. The van der Waals surface area contributed by atoms with Crippen molar-refractivity contribution in [3.05, 3.63) is 52.0 Å². The number of nitrogens with one attached hydrogen (secondary N) is 1. The SMILES string of the molecule is Cn1nc(C2CCN(CC(=O)NCc3ccc(F)cc3)CC2)n(C2CC2)c1=O. The van der Waals surface area contributed by atoms with Gasteiger partial charge in [0.25, 0.3) is 0 Å². The predicted molar refractivity (Wildman–Crippen MR) is 102 cm³/mol. The molecule has 4 rings (SSSR count). The summed E-state index contributed by atoms with van der Waals surface area (Å²) in [7, 11) is 1.71. The molecule has 8 heteroatoms. The number of hydrogen-bond donors (Lipinski definition) is 1. The highest BCUT2D eigenvalue weighted by Crippen LogP contribution is 2.37. The van der Waals surface area contributed by atoms with E-state index in [0.29, 0.717) is 19.1 Å². The zero-order valence-electron chi connectivity index (χ0n) is 16.1. The molecule has 2 fully saturated rings. The molecule has 28 heavy (non-hydrogen) atoms. The first-order valence-electron chi connectivity index (χ1n) is 9.90. The number of aromatic nitrogens is 3. The number of hydrogen-bond acceptors (Lipinski definition) is 4. The third-order valence-corrected chi connectivity index (χ3v) is 5.62. The van der Waals surface area contributed by atoms with Gasteiger partial charge in [0.15, 0.2) is 0 Å². The van der Waals surface area contributed by atoms with Crippen LogP contribution in [0, 0.1) is 5.82 Å². The predicted octanol–water partition coefficient (Wildman–Crippen LogP) is 1.55. The Morgan fingerprint density at radius 1 is 1.18 bits per heavy atom. The summed E-state index contributed by atoms with van der Waals surface area (Å²) < 4.78 is 16.3. The largest absolute Gasteiger partial charge is 0.351 e. The minimum absolute atomic E-state index is 0.0138. The van der Waals surface area contributed by atoms with Crippen LogP contribution >= 0.6 is 0 Å². The summed E-state index contributed by atoms with van der Waals surface area (Å²) in [4.78, 5) is 26.7. The van der Waals surface area contributed by atoms with Gasteiger partial charge in [0.1, 0.15) is 11.6 Å². The van der Waals surface area contributed by atoms with Gasteiger partial charge in [0.2, 0.25) is 5.91 Å². The van der Waals surface area contributed by atoms with Gasteiger partial charge in [-0.05, 0) is 56.5 Å². The summed E-state index contributed by atoms with van der Waals surface area (Å²) in [6, 6.07) is 6.46. The number of carbonyl (C=O) groups excluding carboxylic acids is 1. The minimum Gasteiger partial charge on any atom is -0.351 e. The van der Waals surface area contributed by atoms with Gasteiger partial charge in [0, 0.05) is 25.6 Å². The third-order valence-electron chi connectivity index (χ3n) is 5.62. The van der Waals surface area contributed by atoms with Crippen molar-refractivity contribution in [3.8, 4) is 0 Å².